The highest BCUT2D eigenvalue weighted by atomic mass is 32.1. The summed E-state index contributed by atoms with van der Waals surface area (Å²) in [4.78, 5) is 41.2. The molecule has 0 aliphatic carbocycles. The number of hydrogen-bond donors (Lipinski definition) is 0. The third kappa shape index (κ3) is 4.17. The van der Waals surface area contributed by atoms with Crippen LogP contribution in [-0.4, -0.2) is 42.0 Å². The number of rotatable bonds is 6. The molecule has 164 valence electrons. The van der Waals surface area contributed by atoms with Crippen molar-refractivity contribution in [2.45, 2.75) is 13.3 Å². The van der Waals surface area contributed by atoms with E-state index in [0.717, 1.165) is 33.6 Å². The summed E-state index contributed by atoms with van der Waals surface area (Å²) in [6.45, 7) is 2.08. The second-order valence-corrected chi connectivity index (χ2v) is 8.17. The van der Waals surface area contributed by atoms with Gasteiger partial charge in [-0.1, -0.05) is 6.07 Å². The molecule has 0 unspecified atom stereocenters. The maximum atomic E-state index is 12.8. The average molecular weight is 453 g/mol. The Morgan fingerprint density at radius 2 is 2.06 bits per heavy atom. The fraction of sp³-hybridized carbons (Fsp3) is 0.227. The summed E-state index contributed by atoms with van der Waals surface area (Å²) in [5.41, 5.74) is 3.36. The van der Waals surface area contributed by atoms with Crippen molar-refractivity contribution in [3.63, 3.8) is 0 Å². The Kier molecular flexibility index (Phi) is 5.87. The van der Waals surface area contributed by atoms with Gasteiger partial charge in [-0.25, -0.2) is 9.78 Å². The molecular weight excluding hydrogens is 434 g/mol. The van der Waals surface area contributed by atoms with Crippen LogP contribution in [0, 0.1) is 17.0 Å². The first-order valence-electron chi connectivity index (χ1n) is 9.72. The molecule has 10 heteroatoms. The first kappa shape index (κ1) is 21.4. The molecule has 1 aliphatic heterocycles. The number of nitro benzene ring substituents is 1. The maximum Gasteiger partial charge on any atom is 0.338 e. The van der Waals surface area contributed by atoms with Crippen LogP contribution in [0.5, 0.6) is 5.75 Å². The summed E-state index contributed by atoms with van der Waals surface area (Å²) < 4.78 is 10.0. The lowest BCUT2D eigenvalue weighted by Crippen LogP contribution is -2.33. The van der Waals surface area contributed by atoms with Crippen LogP contribution < -0.4 is 9.64 Å². The number of methoxy groups -OCH3 is 1. The molecule has 0 spiro atoms. The van der Waals surface area contributed by atoms with E-state index < -0.39 is 16.6 Å². The number of esters is 1. The number of nitro groups is 1. The Balaban J connectivity index is 1.48. The highest BCUT2D eigenvalue weighted by Crippen LogP contribution is 2.33. The molecule has 2 aromatic carbocycles. The maximum absolute atomic E-state index is 12.8. The average Bonchev–Trinajstić information content (AvgIpc) is 3.42. The second kappa shape index (κ2) is 8.75. The van der Waals surface area contributed by atoms with Gasteiger partial charge in [0.05, 0.1) is 28.3 Å². The zero-order valence-corrected chi connectivity index (χ0v) is 18.2. The quantitative estimate of drug-likeness (QED) is 0.317. The zero-order chi connectivity index (χ0) is 22.8. The van der Waals surface area contributed by atoms with E-state index >= 15 is 0 Å². The van der Waals surface area contributed by atoms with Crippen molar-refractivity contribution in [2.24, 2.45) is 0 Å². The molecule has 4 rings (SSSR count). The summed E-state index contributed by atoms with van der Waals surface area (Å²) >= 11 is 1.58. The number of aryl methyl sites for hydroxylation is 1. The van der Waals surface area contributed by atoms with Gasteiger partial charge in [0.1, 0.15) is 0 Å². The number of aromatic nitrogens is 1. The van der Waals surface area contributed by atoms with Crippen molar-refractivity contribution in [1.29, 1.82) is 0 Å². The lowest BCUT2D eigenvalue weighted by Gasteiger charge is -2.18. The molecule has 1 aromatic heterocycles. The van der Waals surface area contributed by atoms with Crippen LogP contribution in [0.25, 0.3) is 11.3 Å². The monoisotopic (exact) mass is 453 g/mol. The standard InChI is InChI=1S/C22H19N3O6S/c1-13-23-17(12-32-13)14-3-5-18-15(9-14)7-8-24(18)21(26)11-31-20-6-4-16(22(27)30-2)10-19(20)25(28)29/h3-6,9-10,12H,7-8,11H2,1-2H3. The SMILES string of the molecule is COC(=O)c1ccc(OCC(=O)N2CCc3cc(-c4csc(C)n4)ccc32)c([N+](=O)[O-])c1. The van der Waals surface area contributed by atoms with Gasteiger partial charge in [0.25, 0.3) is 5.91 Å². The van der Waals surface area contributed by atoms with Gasteiger partial charge in [-0.15, -0.1) is 11.3 Å². The molecule has 0 radical (unpaired) electrons. The van der Waals surface area contributed by atoms with Gasteiger partial charge in [-0.2, -0.15) is 0 Å². The van der Waals surface area contributed by atoms with E-state index in [1.54, 1.807) is 16.2 Å². The van der Waals surface area contributed by atoms with Gasteiger partial charge >= 0.3 is 11.7 Å². The number of carbonyl (C=O) groups is 2. The third-order valence-corrected chi connectivity index (χ3v) is 5.89. The predicted molar refractivity (Wildman–Crippen MR) is 118 cm³/mol. The minimum absolute atomic E-state index is 0.0254. The van der Waals surface area contributed by atoms with Crippen molar-refractivity contribution >= 4 is 34.6 Å². The minimum Gasteiger partial charge on any atom is -0.477 e. The fourth-order valence-electron chi connectivity index (χ4n) is 3.56. The van der Waals surface area contributed by atoms with Crippen LogP contribution in [0.4, 0.5) is 11.4 Å². The number of amides is 1. The number of thiazole rings is 1. The van der Waals surface area contributed by atoms with Crippen molar-refractivity contribution in [2.75, 3.05) is 25.2 Å². The molecule has 32 heavy (non-hydrogen) atoms. The Morgan fingerprint density at radius 1 is 1.25 bits per heavy atom. The summed E-state index contributed by atoms with van der Waals surface area (Å²) in [5.74, 6) is -1.10. The minimum atomic E-state index is -0.698. The normalized spacial score (nSPS) is 12.4. The van der Waals surface area contributed by atoms with Crippen LogP contribution in [0.1, 0.15) is 20.9 Å². The van der Waals surface area contributed by atoms with Crippen molar-refractivity contribution < 1.29 is 24.0 Å². The van der Waals surface area contributed by atoms with E-state index in [9.17, 15) is 19.7 Å². The van der Waals surface area contributed by atoms with Crippen molar-refractivity contribution in [1.82, 2.24) is 4.98 Å². The third-order valence-electron chi connectivity index (χ3n) is 5.12. The van der Waals surface area contributed by atoms with Crippen LogP contribution in [0.3, 0.4) is 0 Å². The van der Waals surface area contributed by atoms with E-state index in [1.165, 1.54) is 19.2 Å². The van der Waals surface area contributed by atoms with Crippen LogP contribution in [0.2, 0.25) is 0 Å². The van der Waals surface area contributed by atoms with Crippen molar-refractivity contribution in [3.8, 4) is 17.0 Å². The van der Waals surface area contributed by atoms with Gasteiger partial charge in [0, 0.05) is 29.2 Å². The first-order chi connectivity index (χ1) is 15.4. The molecule has 0 saturated carbocycles. The van der Waals surface area contributed by atoms with Crippen molar-refractivity contribution in [3.05, 3.63) is 68.0 Å². The number of anilines is 1. The van der Waals surface area contributed by atoms with Gasteiger partial charge in [-0.05, 0) is 43.2 Å². The number of ether oxygens (including phenoxy) is 2. The van der Waals surface area contributed by atoms with E-state index in [0.29, 0.717) is 13.0 Å². The van der Waals surface area contributed by atoms with Crippen LogP contribution >= 0.6 is 11.3 Å². The Morgan fingerprint density at radius 3 is 2.75 bits per heavy atom. The van der Waals surface area contributed by atoms with E-state index in [1.807, 2.05) is 30.5 Å². The Bertz CT molecular complexity index is 1220. The molecule has 0 bridgehead atoms. The number of fused-ring (bicyclic) bond motifs is 1. The predicted octanol–water partition coefficient (Wildman–Crippen LogP) is 3.78. The molecule has 3 aromatic rings. The molecule has 9 nitrogen and oxygen atoms in total. The van der Waals surface area contributed by atoms with Gasteiger partial charge < -0.3 is 14.4 Å². The van der Waals surface area contributed by atoms with Gasteiger partial charge in [0.2, 0.25) is 0 Å². The number of nitrogens with zero attached hydrogens (tertiary/aromatic N) is 3. The Labute approximate surface area is 187 Å². The number of benzene rings is 2. The molecule has 1 aliphatic rings. The molecule has 0 saturated heterocycles. The van der Waals surface area contributed by atoms with Crippen LogP contribution in [0.15, 0.2) is 41.8 Å². The first-order valence-corrected chi connectivity index (χ1v) is 10.6. The molecule has 0 fully saturated rings. The summed E-state index contributed by atoms with van der Waals surface area (Å²) in [6, 6.07) is 9.56. The Hall–Kier alpha value is -3.79. The highest BCUT2D eigenvalue weighted by Gasteiger charge is 2.27. The largest absolute Gasteiger partial charge is 0.477 e. The molecule has 2 heterocycles. The summed E-state index contributed by atoms with van der Waals surface area (Å²) in [7, 11) is 1.19. The van der Waals surface area contributed by atoms with Gasteiger partial charge in [0.15, 0.2) is 12.4 Å². The second-order valence-electron chi connectivity index (χ2n) is 7.11. The lowest BCUT2D eigenvalue weighted by atomic mass is 10.1. The van der Waals surface area contributed by atoms with E-state index in [2.05, 4.69) is 9.72 Å². The molecule has 0 N–H and O–H groups in total. The zero-order valence-electron chi connectivity index (χ0n) is 17.4. The smallest absolute Gasteiger partial charge is 0.338 e. The lowest BCUT2D eigenvalue weighted by molar-refractivity contribution is -0.385. The molecule has 1 amide bonds. The highest BCUT2D eigenvalue weighted by molar-refractivity contribution is 7.09. The number of carbonyl (C=O) groups excluding carboxylic acids is 2. The van der Waals surface area contributed by atoms with E-state index in [-0.39, 0.29) is 23.8 Å². The van der Waals surface area contributed by atoms with E-state index in [4.69, 9.17) is 4.74 Å². The molecular formula is C22H19N3O6S. The topological polar surface area (TPSA) is 112 Å². The number of hydrogen-bond acceptors (Lipinski definition) is 8. The van der Waals surface area contributed by atoms with Crippen LogP contribution in [-0.2, 0) is 16.0 Å². The summed E-state index contributed by atoms with van der Waals surface area (Å²) in [6.07, 6.45) is 0.700. The summed E-state index contributed by atoms with van der Waals surface area (Å²) in [5, 5.41) is 14.4. The van der Waals surface area contributed by atoms with Gasteiger partial charge in [-0.3, -0.25) is 14.9 Å². The fourth-order valence-corrected chi connectivity index (χ4v) is 4.18. The molecule has 0 atom stereocenters.